The zero-order chi connectivity index (χ0) is 19.0. The third-order valence-corrected chi connectivity index (χ3v) is 4.51. The summed E-state index contributed by atoms with van der Waals surface area (Å²) in [6.07, 6.45) is -4.10. The maximum atomic E-state index is 13.7. The van der Waals surface area contributed by atoms with Crippen LogP contribution >= 0.6 is 0 Å². The normalized spacial score (nSPS) is 12.1. The number of ether oxygens (including phenoxy) is 1. The maximum Gasteiger partial charge on any atom is 0.416 e. The molecule has 0 unspecified atom stereocenters. The minimum Gasteiger partial charge on any atom is -0.493 e. The van der Waals surface area contributed by atoms with Crippen molar-refractivity contribution in [1.29, 1.82) is 0 Å². The number of carbonyl (C=O) groups excluding carboxylic acids is 1. The summed E-state index contributed by atoms with van der Waals surface area (Å²) in [5.74, 6) is -2.25. The van der Waals surface area contributed by atoms with Gasteiger partial charge in [-0.2, -0.15) is 13.2 Å². The van der Waals surface area contributed by atoms with Gasteiger partial charge in [-0.1, -0.05) is 6.07 Å². The van der Waals surface area contributed by atoms with Crippen LogP contribution in [0.3, 0.4) is 0 Å². The average molecular weight is 376 g/mol. The monoisotopic (exact) mass is 376 g/mol. The van der Waals surface area contributed by atoms with E-state index < -0.39 is 49.4 Å². The van der Waals surface area contributed by atoms with Gasteiger partial charge in [-0.15, -0.1) is 0 Å². The molecule has 4 nitrogen and oxygen atoms in total. The molecule has 0 aromatic heterocycles. The van der Waals surface area contributed by atoms with Crippen molar-refractivity contribution < 1.29 is 35.5 Å². The first-order chi connectivity index (χ1) is 11.5. The second-order valence-electron chi connectivity index (χ2n) is 5.13. The van der Waals surface area contributed by atoms with Crippen LogP contribution < -0.4 is 4.74 Å². The predicted molar refractivity (Wildman–Crippen MR) is 80.9 cm³/mol. The van der Waals surface area contributed by atoms with E-state index in [1.54, 1.807) is 0 Å². The number of carbonyl (C=O) groups is 1. The molecule has 0 bridgehead atoms. The first-order valence-electron chi connectivity index (χ1n) is 6.75. The lowest BCUT2D eigenvalue weighted by Gasteiger charge is -2.13. The number of alkyl halides is 3. The number of sulfone groups is 1. The quantitative estimate of drug-likeness (QED) is 0.606. The van der Waals surface area contributed by atoms with Crippen LogP contribution in [-0.4, -0.2) is 27.6 Å². The van der Waals surface area contributed by atoms with E-state index in [1.807, 2.05) is 0 Å². The molecule has 0 saturated heterocycles. The molecule has 0 aliphatic rings. The van der Waals surface area contributed by atoms with Gasteiger partial charge in [0.2, 0.25) is 0 Å². The van der Waals surface area contributed by atoms with Gasteiger partial charge in [0.1, 0.15) is 0 Å². The Kier molecular flexibility index (Phi) is 4.90. The summed E-state index contributed by atoms with van der Waals surface area (Å²) in [6, 6.07) is 5.15. The third kappa shape index (κ3) is 3.81. The lowest BCUT2D eigenvalue weighted by Crippen LogP contribution is -2.14. The van der Waals surface area contributed by atoms with Crippen LogP contribution in [0.1, 0.15) is 21.5 Å². The van der Waals surface area contributed by atoms with Crippen LogP contribution in [0.5, 0.6) is 5.75 Å². The van der Waals surface area contributed by atoms with E-state index >= 15 is 0 Å². The van der Waals surface area contributed by atoms with Crippen molar-refractivity contribution in [2.24, 2.45) is 0 Å². The Morgan fingerprint density at radius 3 is 2.24 bits per heavy atom. The summed E-state index contributed by atoms with van der Waals surface area (Å²) in [5.41, 5.74) is -2.01. The summed E-state index contributed by atoms with van der Waals surface area (Å²) < 4.78 is 80.8. The van der Waals surface area contributed by atoms with Crippen molar-refractivity contribution in [1.82, 2.24) is 0 Å². The second-order valence-corrected chi connectivity index (χ2v) is 7.11. The number of halogens is 4. The summed E-state index contributed by atoms with van der Waals surface area (Å²) in [4.78, 5) is 11.8. The van der Waals surface area contributed by atoms with E-state index in [0.717, 1.165) is 19.2 Å². The third-order valence-electron chi connectivity index (χ3n) is 3.37. The van der Waals surface area contributed by atoms with Crippen LogP contribution in [0.2, 0.25) is 0 Å². The zero-order valence-electron chi connectivity index (χ0n) is 13.0. The maximum absolute atomic E-state index is 13.7. The van der Waals surface area contributed by atoms with Gasteiger partial charge in [0, 0.05) is 11.8 Å². The SMILES string of the molecule is COc1c(F)cccc1C(=O)c1ccc(C(F)(F)F)cc1S(C)(=O)=O. The Hall–Kier alpha value is -2.42. The standard InChI is InChI=1S/C16H12F4O4S/c1-24-15-11(4-3-5-12(15)17)14(21)10-7-6-9(16(18,19)20)8-13(10)25(2,22)23/h3-8H,1-2H3. The van der Waals surface area contributed by atoms with Crippen LogP contribution in [0.4, 0.5) is 17.6 Å². The molecule has 0 aliphatic carbocycles. The van der Waals surface area contributed by atoms with E-state index in [9.17, 15) is 30.8 Å². The topological polar surface area (TPSA) is 60.4 Å². The van der Waals surface area contributed by atoms with Crippen molar-refractivity contribution in [2.75, 3.05) is 13.4 Å². The number of hydrogen-bond acceptors (Lipinski definition) is 4. The van der Waals surface area contributed by atoms with Crippen LogP contribution in [-0.2, 0) is 16.0 Å². The van der Waals surface area contributed by atoms with Crippen molar-refractivity contribution in [3.05, 3.63) is 58.9 Å². The fourth-order valence-corrected chi connectivity index (χ4v) is 3.13. The van der Waals surface area contributed by atoms with E-state index in [4.69, 9.17) is 4.74 Å². The molecule has 0 heterocycles. The van der Waals surface area contributed by atoms with E-state index in [1.165, 1.54) is 12.1 Å². The van der Waals surface area contributed by atoms with Gasteiger partial charge in [-0.05, 0) is 30.3 Å². The van der Waals surface area contributed by atoms with Gasteiger partial charge in [-0.25, -0.2) is 12.8 Å². The molecule has 0 N–H and O–H groups in total. The number of ketones is 1. The van der Waals surface area contributed by atoms with Crippen molar-refractivity contribution in [2.45, 2.75) is 11.1 Å². The van der Waals surface area contributed by atoms with Gasteiger partial charge in [-0.3, -0.25) is 4.79 Å². The Labute approximate surface area is 141 Å². The molecule has 2 rings (SSSR count). The number of para-hydroxylation sites is 1. The molecule has 0 aliphatic heterocycles. The number of rotatable bonds is 4. The Morgan fingerprint density at radius 2 is 1.72 bits per heavy atom. The number of hydrogen-bond donors (Lipinski definition) is 0. The van der Waals surface area contributed by atoms with E-state index in [2.05, 4.69) is 0 Å². The summed E-state index contributed by atoms with van der Waals surface area (Å²) in [7, 11) is -3.04. The highest BCUT2D eigenvalue weighted by molar-refractivity contribution is 7.90. The average Bonchev–Trinajstić information content (AvgIpc) is 2.51. The highest BCUT2D eigenvalue weighted by Crippen LogP contribution is 2.33. The molecule has 25 heavy (non-hydrogen) atoms. The predicted octanol–water partition coefficient (Wildman–Crippen LogP) is 3.49. The zero-order valence-corrected chi connectivity index (χ0v) is 13.8. The number of benzene rings is 2. The van der Waals surface area contributed by atoms with Crippen LogP contribution in [0.15, 0.2) is 41.3 Å². The highest BCUT2D eigenvalue weighted by Gasteiger charge is 2.33. The minimum absolute atomic E-state index is 0.299. The largest absolute Gasteiger partial charge is 0.493 e. The molecule has 0 saturated carbocycles. The fourth-order valence-electron chi connectivity index (χ4n) is 2.23. The molecule has 0 radical (unpaired) electrons. The molecule has 0 spiro atoms. The molecule has 0 atom stereocenters. The Morgan fingerprint density at radius 1 is 1.08 bits per heavy atom. The molecule has 9 heteroatoms. The fraction of sp³-hybridized carbons (Fsp3) is 0.188. The molecular formula is C16H12F4O4S. The van der Waals surface area contributed by atoms with Crippen molar-refractivity contribution >= 4 is 15.6 Å². The van der Waals surface area contributed by atoms with Gasteiger partial charge in [0.25, 0.3) is 0 Å². The molecule has 0 amide bonds. The van der Waals surface area contributed by atoms with E-state index in [-0.39, 0.29) is 5.56 Å². The summed E-state index contributed by atoms with van der Waals surface area (Å²) in [5, 5.41) is 0. The van der Waals surface area contributed by atoms with Gasteiger partial charge >= 0.3 is 6.18 Å². The molecule has 2 aromatic carbocycles. The molecule has 2 aromatic rings. The van der Waals surface area contributed by atoms with Gasteiger partial charge in [0.05, 0.1) is 23.1 Å². The lowest BCUT2D eigenvalue weighted by molar-refractivity contribution is -0.137. The van der Waals surface area contributed by atoms with E-state index in [0.29, 0.717) is 18.4 Å². The lowest BCUT2D eigenvalue weighted by atomic mass is 10.0. The van der Waals surface area contributed by atoms with Crippen LogP contribution in [0, 0.1) is 5.82 Å². The highest BCUT2D eigenvalue weighted by atomic mass is 32.2. The Bertz CT molecular complexity index is 934. The smallest absolute Gasteiger partial charge is 0.416 e. The summed E-state index contributed by atoms with van der Waals surface area (Å²) in [6.45, 7) is 0. The first-order valence-corrected chi connectivity index (χ1v) is 8.64. The molecule has 134 valence electrons. The molecular weight excluding hydrogens is 364 g/mol. The number of methoxy groups -OCH3 is 1. The summed E-state index contributed by atoms with van der Waals surface area (Å²) >= 11 is 0. The van der Waals surface area contributed by atoms with Gasteiger partial charge in [0.15, 0.2) is 27.2 Å². The van der Waals surface area contributed by atoms with Crippen molar-refractivity contribution in [3.8, 4) is 5.75 Å². The Balaban J connectivity index is 2.71. The first kappa shape index (κ1) is 18.9. The van der Waals surface area contributed by atoms with Crippen LogP contribution in [0.25, 0.3) is 0 Å². The van der Waals surface area contributed by atoms with Gasteiger partial charge < -0.3 is 4.74 Å². The molecule has 0 fully saturated rings. The minimum atomic E-state index is -4.78. The van der Waals surface area contributed by atoms with Crippen molar-refractivity contribution in [3.63, 3.8) is 0 Å². The second kappa shape index (κ2) is 6.47.